The lowest BCUT2D eigenvalue weighted by Crippen LogP contribution is -2.54. The van der Waals surface area contributed by atoms with Crippen LogP contribution in [-0.4, -0.2) is 52.4 Å². The number of rotatable bonds is 3. The third kappa shape index (κ3) is 3.10. The van der Waals surface area contributed by atoms with Gasteiger partial charge in [0.15, 0.2) is 0 Å². The maximum absolute atomic E-state index is 12.7. The molecule has 3 heterocycles. The molecule has 0 aliphatic carbocycles. The van der Waals surface area contributed by atoms with Crippen molar-refractivity contribution in [2.45, 2.75) is 19.9 Å². The number of H-pyrrole nitrogens is 1. The van der Waals surface area contributed by atoms with Crippen molar-refractivity contribution < 1.29 is 9.59 Å². The molecule has 1 aliphatic heterocycles. The summed E-state index contributed by atoms with van der Waals surface area (Å²) in [4.78, 5) is 35.2. The predicted octanol–water partition coefficient (Wildman–Crippen LogP) is 1.17. The minimum atomic E-state index is -0.548. The van der Waals surface area contributed by atoms with Crippen LogP contribution < -0.4 is 10.6 Å². The van der Waals surface area contributed by atoms with Gasteiger partial charge in [0.25, 0.3) is 5.91 Å². The summed E-state index contributed by atoms with van der Waals surface area (Å²) in [5.41, 5.74) is 6.91. The third-order valence-corrected chi connectivity index (χ3v) is 4.28. The van der Waals surface area contributed by atoms with E-state index in [2.05, 4.69) is 14.9 Å². The molecule has 24 heavy (non-hydrogen) atoms. The highest BCUT2D eigenvalue weighted by molar-refractivity contribution is 5.98. The van der Waals surface area contributed by atoms with E-state index in [4.69, 9.17) is 5.73 Å². The van der Waals surface area contributed by atoms with Gasteiger partial charge in [-0.1, -0.05) is 6.07 Å². The molecule has 0 spiro atoms. The van der Waals surface area contributed by atoms with Crippen LogP contribution >= 0.6 is 0 Å². The van der Waals surface area contributed by atoms with Gasteiger partial charge in [-0.25, -0.2) is 4.98 Å². The Morgan fingerprint density at radius 2 is 2.12 bits per heavy atom. The zero-order valence-corrected chi connectivity index (χ0v) is 13.8. The van der Waals surface area contributed by atoms with E-state index in [0.29, 0.717) is 24.3 Å². The number of piperazine rings is 1. The van der Waals surface area contributed by atoms with Crippen LogP contribution in [0, 0.1) is 6.92 Å². The average molecular weight is 327 g/mol. The van der Waals surface area contributed by atoms with Gasteiger partial charge in [0.1, 0.15) is 11.5 Å². The van der Waals surface area contributed by atoms with E-state index in [1.165, 1.54) is 12.3 Å². The van der Waals surface area contributed by atoms with Gasteiger partial charge in [-0.15, -0.1) is 0 Å². The molecule has 2 amide bonds. The fraction of sp³-hybridized carbons (Fsp3) is 0.353. The van der Waals surface area contributed by atoms with E-state index in [1.54, 1.807) is 0 Å². The van der Waals surface area contributed by atoms with Crippen molar-refractivity contribution in [1.82, 2.24) is 14.9 Å². The van der Waals surface area contributed by atoms with Crippen molar-refractivity contribution in [3.8, 4) is 0 Å². The van der Waals surface area contributed by atoms with Crippen molar-refractivity contribution >= 4 is 17.6 Å². The molecule has 1 aliphatic rings. The number of hydrogen-bond acceptors (Lipinski definition) is 4. The summed E-state index contributed by atoms with van der Waals surface area (Å²) >= 11 is 0. The minimum absolute atomic E-state index is 0.0360. The van der Waals surface area contributed by atoms with Gasteiger partial charge >= 0.3 is 0 Å². The number of hydrogen-bond donors (Lipinski definition) is 2. The zero-order chi connectivity index (χ0) is 17.3. The van der Waals surface area contributed by atoms with Crippen molar-refractivity contribution in [1.29, 1.82) is 0 Å². The van der Waals surface area contributed by atoms with Crippen LogP contribution in [0.15, 0.2) is 30.5 Å². The number of amides is 2. The lowest BCUT2D eigenvalue weighted by atomic mass is 10.1. The van der Waals surface area contributed by atoms with Gasteiger partial charge in [0.05, 0.1) is 5.56 Å². The molecule has 7 nitrogen and oxygen atoms in total. The van der Waals surface area contributed by atoms with E-state index < -0.39 is 5.91 Å². The van der Waals surface area contributed by atoms with Gasteiger partial charge in [-0.05, 0) is 32.0 Å². The molecule has 0 aromatic carbocycles. The number of carbonyl (C=O) groups excluding carboxylic acids is 2. The van der Waals surface area contributed by atoms with Gasteiger partial charge < -0.3 is 20.5 Å². The number of carbonyl (C=O) groups is 2. The number of pyridine rings is 1. The number of primary amides is 1. The summed E-state index contributed by atoms with van der Waals surface area (Å²) < 4.78 is 0. The SMILES string of the molecule is Cc1cccc(N2CCN(C(=O)c3cc(C(N)=O)c[nH]3)[C@H](C)C2)n1. The lowest BCUT2D eigenvalue weighted by Gasteiger charge is -2.40. The maximum Gasteiger partial charge on any atom is 0.270 e. The summed E-state index contributed by atoms with van der Waals surface area (Å²) in [6.45, 7) is 6.01. The molecular formula is C17H21N5O2. The molecule has 0 unspecified atom stereocenters. The van der Waals surface area contributed by atoms with Gasteiger partial charge in [0, 0.05) is 37.6 Å². The Morgan fingerprint density at radius 1 is 1.33 bits per heavy atom. The maximum atomic E-state index is 12.7. The standard InChI is InChI=1S/C17H21N5O2/c1-11-4-3-5-15(20-11)21-6-7-22(12(2)10-21)17(24)14-8-13(9-19-14)16(18)23/h3-5,8-9,12,19H,6-7,10H2,1-2H3,(H2,18,23)/t12-/m1/s1. The Labute approximate surface area is 140 Å². The van der Waals surface area contributed by atoms with Crippen LogP contribution in [0.2, 0.25) is 0 Å². The summed E-state index contributed by atoms with van der Waals surface area (Å²) in [6, 6.07) is 7.49. The Balaban J connectivity index is 1.71. The second-order valence-electron chi connectivity index (χ2n) is 6.10. The molecule has 7 heteroatoms. The second-order valence-corrected chi connectivity index (χ2v) is 6.10. The molecular weight excluding hydrogens is 306 g/mol. The first kappa shape index (κ1) is 16.0. The first-order valence-electron chi connectivity index (χ1n) is 7.93. The summed E-state index contributed by atoms with van der Waals surface area (Å²) in [6.07, 6.45) is 1.47. The topological polar surface area (TPSA) is 95.3 Å². The first-order chi connectivity index (χ1) is 11.5. The monoisotopic (exact) mass is 327 g/mol. The largest absolute Gasteiger partial charge is 0.366 e. The van der Waals surface area contributed by atoms with Crippen LogP contribution in [-0.2, 0) is 0 Å². The van der Waals surface area contributed by atoms with Crippen molar-refractivity contribution in [3.05, 3.63) is 47.4 Å². The van der Waals surface area contributed by atoms with Crippen LogP contribution in [0.25, 0.3) is 0 Å². The molecule has 0 bridgehead atoms. The Bertz CT molecular complexity index is 770. The molecule has 3 rings (SSSR count). The van der Waals surface area contributed by atoms with Crippen LogP contribution in [0.3, 0.4) is 0 Å². The zero-order valence-electron chi connectivity index (χ0n) is 13.8. The summed E-state index contributed by atoms with van der Waals surface area (Å²) in [5, 5.41) is 0. The van der Waals surface area contributed by atoms with Gasteiger partial charge in [-0.2, -0.15) is 0 Å². The number of nitrogens with zero attached hydrogens (tertiary/aromatic N) is 3. The molecule has 2 aromatic rings. The molecule has 1 saturated heterocycles. The Kier molecular flexibility index (Phi) is 4.24. The van der Waals surface area contributed by atoms with Gasteiger partial charge in [0.2, 0.25) is 5.91 Å². The van der Waals surface area contributed by atoms with E-state index in [1.807, 2.05) is 36.9 Å². The summed E-state index contributed by atoms with van der Waals surface area (Å²) in [5.74, 6) is 0.269. The second kappa shape index (κ2) is 6.35. The smallest absolute Gasteiger partial charge is 0.270 e. The van der Waals surface area contributed by atoms with E-state index >= 15 is 0 Å². The van der Waals surface area contributed by atoms with Crippen molar-refractivity contribution in [2.24, 2.45) is 5.73 Å². The highest BCUT2D eigenvalue weighted by Gasteiger charge is 2.29. The number of nitrogens with one attached hydrogen (secondary N) is 1. The normalized spacial score (nSPS) is 17.8. The number of aromatic amines is 1. The van der Waals surface area contributed by atoms with Crippen LogP contribution in [0.5, 0.6) is 0 Å². The fourth-order valence-corrected chi connectivity index (χ4v) is 2.99. The average Bonchev–Trinajstić information content (AvgIpc) is 3.04. The molecule has 3 N–H and O–H groups in total. The molecule has 0 saturated carbocycles. The minimum Gasteiger partial charge on any atom is -0.366 e. The quantitative estimate of drug-likeness (QED) is 0.884. The first-order valence-corrected chi connectivity index (χ1v) is 7.93. The Hall–Kier alpha value is -2.83. The highest BCUT2D eigenvalue weighted by Crippen LogP contribution is 2.19. The third-order valence-electron chi connectivity index (χ3n) is 4.28. The summed E-state index contributed by atoms with van der Waals surface area (Å²) in [7, 11) is 0. The number of aromatic nitrogens is 2. The Morgan fingerprint density at radius 3 is 2.75 bits per heavy atom. The van der Waals surface area contributed by atoms with E-state index in [9.17, 15) is 9.59 Å². The van der Waals surface area contributed by atoms with E-state index in [0.717, 1.165) is 18.1 Å². The van der Waals surface area contributed by atoms with Crippen molar-refractivity contribution in [3.63, 3.8) is 0 Å². The molecule has 2 aromatic heterocycles. The van der Waals surface area contributed by atoms with E-state index in [-0.39, 0.29) is 11.9 Å². The number of anilines is 1. The van der Waals surface area contributed by atoms with Crippen molar-refractivity contribution in [2.75, 3.05) is 24.5 Å². The molecule has 0 radical (unpaired) electrons. The lowest BCUT2D eigenvalue weighted by molar-refractivity contribution is 0.0668. The predicted molar refractivity (Wildman–Crippen MR) is 91.0 cm³/mol. The molecule has 1 fully saturated rings. The molecule has 126 valence electrons. The number of nitrogens with two attached hydrogens (primary N) is 1. The fourth-order valence-electron chi connectivity index (χ4n) is 2.99. The number of aryl methyl sites for hydroxylation is 1. The van der Waals surface area contributed by atoms with Crippen LogP contribution in [0.4, 0.5) is 5.82 Å². The van der Waals surface area contributed by atoms with Gasteiger partial charge in [-0.3, -0.25) is 9.59 Å². The highest BCUT2D eigenvalue weighted by atomic mass is 16.2. The molecule has 1 atom stereocenters. The van der Waals surface area contributed by atoms with Crippen LogP contribution in [0.1, 0.15) is 33.5 Å².